The fourth-order valence-corrected chi connectivity index (χ4v) is 5.44. The van der Waals surface area contributed by atoms with E-state index < -0.39 is 6.03 Å². The van der Waals surface area contributed by atoms with Crippen LogP contribution in [0.1, 0.15) is 29.8 Å². The van der Waals surface area contributed by atoms with Crippen molar-refractivity contribution in [3.63, 3.8) is 0 Å². The number of likely N-dealkylation sites (N-methyl/N-ethyl adjacent to an activating group) is 1. The second-order valence-corrected chi connectivity index (χ2v) is 11.1. The maximum atomic E-state index is 13.8. The van der Waals surface area contributed by atoms with Crippen LogP contribution >= 0.6 is 0 Å². The summed E-state index contributed by atoms with van der Waals surface area (Å²) in [5.74, 6) is 0.0369. The number of para-hydroxylation sites is 1. The molecule has 0 saturated carbocycles. The Kier molecular flexibility index (Phi) is 9.05. The number of aliphatic hydroxyl groups is 1. The van der Waals surface area contributed by atoms with E-state index in [1.54, 1.807) is 23.1 Å². The molecule has 1 heterocycles. The van der Waals surface area contributed by atoms with Crippen LogP contribution in [-0.4, -0.2) is 65.7 Å². The zero-order valence-corrected chi connectivity index (χ0v) is 24.3. The Morgan fingerprint density at radius 3 is 2.43 bits per heavy atom. The summed E-state index contributed by atoms with van der Waals surface area (Å²) in [4.78, 5) is 31.0. The number of hydrogen-bond donors (Lipinski definition) is 3. The average molecular weight is 567 g/mol. The van der Waals surface area contributed by atoms with E-state index >= 15 is 0 Å². The molecular formula is C34H38N4O4. The van der Waals surface area contributed by atoms with Crippen molar-refractivity contribution in [1.82, 2.24) is 9.80 Å². The van der Waals surface area contributed by atoms with Crippen LogP contribution in [0.4, 0.5) is 16.2 Å². The molecular weight excluding hydrogens is 528 g/mol. The summed E-state index contributed by atoms with van der Waals surface area (Å²) in [5.41, 5.74) is 2.62. The minimum atomic E-state index is -0.441. The van der Waals surface area contributed by atoms with Crippen LogP contribution in [-0.2, 0) is 6.54 Å². The molecule has 0 fully saturated rings. The summed E-state index contributed by atoms with van der Waals surface area (Å²) in [7, 11) is 2.05. The maximum Gasteiger partial charge on any atom is 0.323 e. The zero-order chi connectivity index (χ0) is 29.6. The summed E-state index contributed by atoms with van der Waals surface area (Å²) < 4.78 is 6.65. The van der Waals surface area contributed by atoms with Gasteiger partial charge in [0, 0.05) is 30.9 Å². The van der Waals surface area contributed by atoms with E-state index in [2.05, 4.69) is 34.6 Å². The van der Waals surface area contributed by atoms with Gasteiger partial charge in [-0.05, 0) is 43.1 Å². The fraction of sp³-hybridized carbons (Fsp3) is 0.294. The first-order chi connectivity index (χ1) is 20.3. The average Bonchev–Trinajstić information content (AvgIpc) is 2.99. The lowest BCUT2D eigenvalue weighted by molar-refractivity contribution is 0.0343. The molecule has 0 aromatic heterocycles. The van der Waals surface area contributed by atoms with Gasteiger partial charge >= 0.3 is 6.03 Å². The Balaban J connectivity index is 1.44. The topological polar surface area (TPSA) is 94.1 Å². The predicted molar refractivity (Wildman–Crippen MR) is 167 cm³/mol. The summed E-state index contributed by atoms with van der Waals surface area (Å²) in [6, 6.07) is 28.2. The summed E-state index contributed by atoms with van der Waals surface area (Å²) >= 11 is 0. The van der Waals surface area contributed by atoms with Gasteiger partial charge in [-0.3, -0.25) is 9.69 Å². The Labute approximate surface area is 246 Å². The van der Waals surface area contributed by atoms with Gasteiger partial charge in [-0.1, -0.05) is 79.7 Å². The lowest BCUT2D eigenvalue weighted by Crippen LogP contribution is -2.49. The Morgan fingerprint density at radius 2 is 1.64 bits per heavy atom. The van der Waals surface area contributed by atoms with E-state index in [4.69, 9.17) is 4.74 Å². The van der Waals surface area contributed by atoms with Crippen LogP contribution in [0, 0.1) is 5.92 Å². The van der Waals surface area contributed by atoms with Gasteiger partial charge in [0.1, 0.15) is 6.10 Å². The molecule has 0 aliphatic carbocycles. The number of benzene rings is 4. The zero-order valence-electron chi connectivity index (χ0n) is 24.3. The third kappa shape index (κ3) is 6.56. The molecule has 1 aliphatic rings. The van der Waals surface area contributed by atoms with Crippen molar-refractivity contribution in [2.75, 3.05) is 37.4 Å². The van der Waals surface area contributed by atoms with Crippen molar-refractivity contribution < 1.29 is 19.4 Å². The molecule has 4 aromatic rings. The standard InChI is InChI=1S/C34H38N4O4/c1-23-19-38(24(2)22-39)33(40)28-16-10-18-30(32(28)42-31(23)21-37(3)20-25-11-5-4-6-12-25)36-34(41)35-29-17-9-14-26-13-7-8-15-27(26)29/h4-18,23-24,31,39H,19-22H2,1-3H3,(H2,35,36,41)/t23-,24-,31-/m0/s1. The van der Waals surface area contributed by atoms with Gasteiger partial charge in [0.25, 0.3) is 5.91 Å². The second-order valence-electron chi connectivity index (χ2n) is 11.1. The van der Waals surface area contributed by atoms with Crippen LogP contribution in [0.2, 0.25) is 0 Å². The van der Waals surface area contributed by atoms with E-state index in [0.29, 0.717) is 35.8 Å². The molecule has 0 unspecified atom stereocenters. The Bertz CT molecular complexity index is 1540. The van der Waals surface area contributed by atoms with Crippen molar-refractivity contribution in [1.29, 1.82) is 0 Å². The third-order valence-electron chi connectivity index (χ3n) is 7.76. The number of aliphatic hydroxyl groups excluding tert-OH is 1. The van der Waals surface area contributed by atoms with Crippen molar-refractivity contribution in [3.8, 4) is 5.75 Å². The molecule has 3 amide bonds. The summed E-state index contributed by atoms with van der Waals surface area (Å²) in [6.45, 7) is 5.51. The highest BCUT2D eigenvalue weighted by atomic mass is 16.5. The van der Waals surface area contributed by atoms with Crippen molar-refractivity contribution in [2.24, 2.45) is 5.92 Å². The summed E-state index contributed by atoms with van der Waals surface area (Å²) in [6.07, 6.45) is -0.289. The monoisotopic (exact) mass is 566 g/mol. The van der Waals surface area contributed by atoms with Gasteiger partial charge in [0.05, 0.1) is 29.6 Å². The molecule has 218 valence electrons. The van der Waals surface area contributed by atoms with Gasteiger partial charge in [-0.15, -0.1) is 0 Å². The molecule has 5 rings (SSSR count). The van der Waals surface area contributed by atoms with Gasteiger partial charge in [0.15, 0.2) is 5.75 Å². The van der Waals surface area contributed by atoms with Crippen LogP contribution in [0.15, 0.2) is 91.0 Å². The number of fused-ring (bicyclic) bond motifs is 2. The highest BCUT2D eigenvalue weighted by molar-refractivity contribution is 6.08. The fourth-order valence-electron chi connectivity index (χ4n) is 5.44. The lowest BCUT2D eigenvalue weighted by Gasteiger charge is -2.38. The quantitative estimate of drug-likeness (QED) is 0.249. The first kappa shape index (κ1) is 29.1. The first-order valence-electron chi connectivity index (χ1n) is 14.3. The van der Waals surface area contributed by atoms with Crippen LogP contribution in [0.5, 0.6) is 5.75 Å². The van der Waals surface area contributed by atoms with E-state index in [0.717, 1.165) is 17.3 Å². The normalized spacial score (nSPS) is 17.6. The van der Waals surface area contributed by atoms with E-state index in [9.17, 15) is 14.7 Å². The third-order valence-corrected chi connectivity index (χ3v) is 7.76. The molecule has 0 spiro atoms. The number of anilines is 2. The lowest BCUT2D eigenvalue weighted by atomic mass is 9.99. The number of hydrogen-bond acceptors (Lipinski definition) is 5. The van der Waals surface area contributed by atoms with Gasteiger partial charge in [-0.2, -0.15) is 0 Å². The number of nitrogens with zero attached hydrogens (tertiary/aromatic N) is 2. The number of amides is 3. The largest absolute Gasteiger partial charge is 0.486 e. The Morgan fingerprint density at radius 1 is 0.976 bits per heavy atom. The van der Waals surface area contributed by atoms with Crippen molar-refractivity contribution >= 4 is 34.1 Å². The molecule has 8 heteroatoms. The van der Waals surface area contributed by atoms with E-state index in [-0.39, 0.29) is 30.6 Å². The molecule has 8 nitrogen and oxygen atoms in total. The summed E-state index contributed by atoms with van der Waals surface area (Å²) in [5, 5.41) is 17.8. The second kappa shape index (κ2) is 13.1. The number of carbonyl (C=O) groups excluding carboxylic acids is 2. The molecule has 4 aromatic carbocycles. The highest BCUT2D eigenvalue weighted by Gasteiger charge is 2.34. The van der Waals surface area contributed by atoms with Gasteiger partial charge in [0.2, 0.25) is 0 Å². The SMILES string of the molecule is C[C@H]1CN([C@@H](C)CO)C(=O)c2cccc(NC(=O)Nc3cccc4ccccc34)c2O[C@H]1CN(C)Cc1ccccc1. The number of rotatable bonds is 8. The molecule has 3 N–H and O–H groups in total. The maximum absolute atomic E-state index is 13.8. The van der Waals surface area contributed by atoms with Crippen LogP contribution < -0.4 is 15.4 Å². The molecule has 42 heavy (non-hydrogen) atoms. The number of ether oxygens (including phenoxy) is 1. The Hall–Kier alpha value is -4.40. The number of nitrogens with one attached hydrogen (secondary N) is 2. The van der Waals surface area contributed by atoms with Gasteiger partial charge in [-0.25, -0.2) is 4.79 Å². The van der Waals surface area contributed by atoms with E-state index in [1.165, 1.54) is 5.56 Å². The minimum Gasteiger partial charge on any atom is -0.486 e. The van der Waals surface area contributed by atoms with Crippen LogP contribution in [0.3, 0.4) is 0 Å². The highest BCUT2D eigenvalue weighted by Crippen LogP contribution is 2.35. The molecule has 0 bridgehead atoms. The van der Waals surface area contributed by atoms with Gasteiger partial charge < -0.3 is 25.4 Å². The molecule has 0 saturated heterocycles. The van der Waals surface area contributed by atoms with Crippen molar-refractivity contribution in [3.05, 3.63) is 102 Å². The number of urea groups is 1. The van der Waals surface area contributed by atoms with E-state index in [1.807, 2.05) is 74.6 Å². The first-order valence-corrected chi connectivity index (χ1v) is 14.3. The predicted octanol–water partition coefficient (Wildman–Crippen LogP) is 5.84. The smallest absolute Gasteiger partial charge is 0.323 e. The van der Waals surface area contributed by atoms with Crippen molar-refractivity contribution in [2.45, 2.75) is 32.5 Å². The minimum absolute atomic E-state index is 0.0492. The molecule has 1 aliphatic heterocycles. The van der Waals surface area contributed by atoms with Crippen LogP contribution in [0.25, 0.3) is 10.8 Å². The molecule has 3 atom stereocenters. The molecule has 0 radical (unpaired) electrons. The number of carbonyl (C=O) groups is 2.